The molecule has 0 heterocycles. The first-order chi connectivity index (χ1) is 11.5. The second-order valence-corrected chi connectivity index (χ2v) is 6.51. The molecule has 1 aromatic carbocycles. The second kappa shape index (κ2) is 6.63. The lowest BCUT2D eigenvalue weighted by molar-refractivity contribution is -0.148. The van der Waals surface area contributed by atoms with Gasteiger partial charge in [0.1, 0.15) is 0 Å². The number of aliphatic carboxylic acids is 1. The van der Waals surface area contributed by atoms with E-state index in [1.165, 1.54) is 0 Å². The van der Waals surface area contributed by atoms with Gasteiger partial charge in [-0.15, -0.1) is 0 Å². The highest BCUT2D eigenvalue weighted by Crippen LogP contribution is 2.52. The Morgan fingerprint density at radius 3 is 2.33 bits per heavy atom. The van der Waals surface area contributed by atoms with Gasteiger partial charge in [-0.3, -0.25) is 9.59 Å². The molecule has 3 rings (SSSR count). The zero-order valence-electron chi connectivity index (χ0n) is 13.5. The highest BCUT2D eigenvalue weighted by atomic mass is 16.5. The average Bonchev–Trinajstić information content (AvgIpc) is 3.16. The Balaban J connectivity index is 1.68. The Hall–Kier alpha value is -2.37. The van der Waals surface area contributed by atoms with Gasteiger partial charge in [0.15, 0.2) is 0 Å². The zero-order valence-corrected chi connectivity index (χ0v) is 13.5. The Bertz CT molecular complexity index is 654. The van der Waals surface area contributed by atoms with E-state index in [9.17, 15) is 19.5 Å². The molecule has 4 atom stereocenters. The highest BCUT2D eigenvalue weighted by Gasteiger charge is 2.53. The first-order valence-electron chi connectivity index (χ1n) is 8.32. The molecule has 2 aliphatic carbocycles. The van der Waals surface area contributed by atoms with Crippen molar-refractivity contribution in [2.75, 3.05) is 11.9 Å². The highest BCUT2D eigenvalue weighted by molar-refractivity contribution is 5.96. The van der Waals surface area contributed by atoms with Gasteiger partial charge in [-0.2, -0.15) is 0 Å². The van der Waals surface area contributed by atoms with Crippen LogP contribution in [0.25, 0.3) is 0 Å². The number of carbonyl (C=O) groups excluding carboxylic acids is 2. The molecule has 1 aromatic rings. The number of rotatable bonds is 5. The van der Waals surface area contributed by atoms with Crippen molar-refractivity contribution in [1.82, 2.24) is 0 Å². The van der Waals surface area contributed by atoms with E-state index < -0.39 is 23.8 Å². The summed E-state index contributed by atoms with van der Waals surface area (Å²) in [6, 6.07) is 6.44. The zero-order chi connectivity index (χ0) is 17.3. The third kappa shape index (κ3) is 3.00. The van der Waals surface area contributed by atoms with E-state index >= 15 is 0 Å². The summed E-state index contributed by atoms with van der Waals surface area (Å²) in [5.74, 6) is -2.29. The van der Waals surface area contributed by atoms with Gasteiger partial charge in [0.25, 0.3) is 0 Å². The van der Waals surface area contributed by atoms with Crippen molar-refractivity contribution in [1.29, 1.82) is 0 Å². The molecule has 2 fully saturated rings. The number of carbonyl (C=O) groups is 3. The Labute approximate surface area is 140 Å². The molecule has 24 heavy (non-hydrogen) atoms. The number of amides is 1. The fourth-order valence-corrected chi connectivity index (χ4v) is 4.15. The molecule has 6 heteroatoms. The lowest BCUT2D eigenvalue weighted by atomic mass is 9.78. The number of fused-ring (bicyclic) bond motifs is 2. The van der Waals surface area contributed by atoms with E-state index in [0.29, 0.717) is 17.9 Å². The van der Waals surface area contributed by atoms with Gasteiger partial charge in [-0.1, -0.05) is 0 Å². The maximum absolute atomic E-state index is 12.6. The van der Waals surface area contributed by atoms with Crippen LogP contribution in [0.3, 0.4) is 0 Å². The van der Waals surface area contributed by atoms with Crippen LogP contribution in [0.5, 0.6) is 0 Å². The SMILES string of the molecule is CCOC(=O)c1ccc(NC(=O)[C@H]2[C@H]3CC[C@@H](C3)[C@@H]2C(=O)O)cc1. The van der Waals surface area contributed by atoms with E-state index in [0.717, 1.165) is 19.3 Å². The van der Waals surface area contributed by atoms with Crippen molar-refractivity contribution < 1.29 is 24.2 Å². The molecule has 0 saturated heterocycles. The minimum Gasteiger partial charge on any atom is -0.481 e. The fraction of sp³-hybridized carbons (Fsp3) is 0.500. The molecule has 2 aliphatic rings. The normalized spacial score (nSPS) is 27.7. The number of carboxylic acid groups (broad SMARTS) is 1. The fourth-order valence-electron chi connectivity index (χ4n) is 4.15. The van der Waals surface area contributed by atoms with Crippen LogP contribution < -0.4 is 5.32 Å². The Morgan fingerprint density at radius 1 is 1.12 bits per heavy atom. The number of hydrogen-bond acceptors (Lipinski definition) is 4. The van der Waals surface area contributed by atoms with E-state index in [1.807, 2.05) is 0 Å². The molecule has 0 aromatic heterocycles. The van der Waals surface area contributed by atoms with Gasteiger partial charge >= 0.3 is 11.9 Å². The van der Waals surface area contributed by atoms with Crippen molar-refractivity contribution in [3.8, 4) is 0 Å². The van der Waals surface area contributed by atoms with Crippen molar-refractivity contribution in [3.05, 3.63) is 29.8 Å². The molecule has 2 saturated carbocycles. The number of esters is 1. The minimum atomic E-state index is -0.875. The van der Waals surface area contributed by atoms with Crippen LogP contribution in [0.2, 0.25) is 0 Å². The number of carboxylic acids is 1. The quantitative estimate of drug-likeness (QED) is 0.809. The van der Waals surface area contributed by atoms with Gasteiger partial charge in [0.2, 0.25) is 5.91 Å². The molecule has 128 valence electrons. The van der Waals surface area contributed by atoms with E-state index in [-0.39, 0.29) is 17.7 Å². The van der Waals surface area contributed by atoms with Crippen molar-refractivity contribution in [3.63, 3.8) is 0 Å². The summed E-state index contributed by atoms with van der Waals surface area (Å²) in [7, 11) is 0. The predicted molar refractivity (Wildman–Crippen MR) is 86.5 cm³/mol. The molecule has 2 bridgehead atoms. The maximum atomic E-state index is 12.6. The molecule has 2 N–H and O–H groups in total. The van der Waals surface area contributed by atoms with E-state index in [1.54, 1.807) is 31.2 Å². The topological polar surface area (TPSA) is 92.7 Å². The van der Waals surface area contributed by atoms with E-state index in [4.69, 9.17) is 4.74 Å². The third-order valence-corrected chi connectivity index (χ3v) is 5.17. The summed E-state index contributed by atoms with van der Waals surface area (Å²) in [6.45, 7) is 2.04. The summed E-state index contributed by atoms with van der Waals surface area (Å²) >= 11 is 0. The number of benzene rings is 1. The van der Waals surface area contributed by atoms with Gasteiger partial charge < -0.3 is 15.2 Å². The number of anilines is 1. The summed E-state index contributed by atoms with van der Waals surface area (Å²) in [6.07, 6.45) is 2.66. The summed E-state index contributed by atoms with van der Waals surface area (Å²) in [5.41, 5.74) is 0.971. The first kappa shape index (κ1) is 16.5. The summed E-state index contributed by atoms with van der Waals surface area (Å²) in [4.78, 5) is 35.7. The molecule has 0 unspecified atom stereocenters. The largest absolute Gasteiger partial charge is 0.481 e. The number of ether oxygens (including phenoxy) is 1. The first-order valence-corrected chi connectivity index (χ1v) is 8.32. The van der Waals surface area contributed by atoms with Gasteiger partial charge in [0, 0.05) is 5.69 Å². The van der Waals surface area contributed by atoms with Crippen LogP contribution in [-0.2, 0) is 14.3 Å². The van der Waals surface area contributed by atoms with Crippen molar-refractivity contribution in [2.45, 2.75) is 26.2 Å². The smallest absolute Gasteiger partial charge is 0.338 e. The molecular formula is C18H21NO5. The maximum Gasteiger partial charge on any atom is 0.338 e. The minimum absolute atomic E-state index is 0.120. The van der Waals surface area contributed by atoms with Crippen LogP contribution >= 0.6 is 0 Å². The van der Waals surface area contributed by atoms with Crippen molar-refractivity contribution in [2.24, 2.45) is 23.7 Å². The predicted octanol–water partition coefficient (Wildman–Crippen LogP) is 2.55. The Kier molecular flexibility index (Phi) is 4.55. The second-order valence-electron chi connectivity index (χ2n) is 6.51. The molecule has 1 amide bonds. The molecule has 0 radical (unpaired) electrons. The Morgan fingerprint density at radius 2 is 1.75 bits per heavy atom. The average molecular weight is 331 g/mol. The number of hydrogen-bond donors (Lipinski definition) is 2. The van der Waals surface area contributed by atoms with Crippen LogP contribution in [0.1, 0.15) is 36.5 Å². The van der Waals surface area contributed by atoms with Crippen LogP contribution in [0, 0.1) is 23.7 Å². The molecule has 0 aliphatic heterocycles. The van der Waals surface area contributed by atoms with Crippen LogP contribution in [-0.4, -0.2) is 29.6 Å². The van der Waals surface area contributed by atoms with E-state index in [2.05, 4.69) is 5.32 Å². The standard InChI is InChI=1S/C18H21NO5/c1-2-24-18(23)10-5-7-13(8-6-10)19-16(20)14-11-3-4-12(9-11)15(14)17(21)22/h5-8,11-12,14-15H,2-4,9H2,1H3,(H,19,20)(H,21,22)/t11-,12-,14-,15-/m0/s1. The summed E-state index contributed by atoms with van der Waals surface area (Å²) in [5, 5.41) is 12.2. The summed E-state index contributed by atoms with van der Waals surface area (Å²) < 4.78 is 4.91. The third-order valence-electron chi connectivity index (χ3n) is 5.17. The van der Waals surface area contributed by atoms with Crippen LogP contribution in [0.15, 0.2) is 24.3 Å². The number of nitrogens with one attached hydrogen (secondary N) is 1. The molecule has 0 spiro atoms. The lowest BCUT2D eigenvalue weighted by Gasteiger charge is -2.27. The monoisotopic (exact) mass is 331 g/mol. The van der Waals surface area contributed by atoms with Gasteiger partial charge in [-0.25, -0.2) is 4.79 Å². The van der Waals surface area contributed by atoms with Gasteiger partial charge in [-0.05, 0) is 62.3 Å². The van der Waals surface area contributed by atoms with Crippen LogP contribution in [0.4, 0.5) is 5.69 Å². The lowest BCUT2D eigenvalue weighted by Crippen LogP contribution is -2.37. The van der Waals surface area contributed by atoms with Crippen molar-refractivity contribution >= 4 is 23.5 Å². The molecule has 6 nitrogen and oxygen atoms in total. The van der Waals surface area contributed by atoms with Gasteiger partial charge in [0.05, 0.1) is 24.0 Å². The molecular weight excluding hydrogens is 310 g/mol.